The van der Waals surface area contributed by atoms with E-state index in [0.29, 0.717) is 62.1 Å². The second kappa shape index (κ2) is 8.90. The Balaban J connectivity index is 1.61. The number of piperazine rings is 1. The van der Waals surface area contributed by atoms with E-state index in [4.69, 9.17) is 0 Å². The van der Waals surface area contributed by atoms with E-state index in [1.54, 1.807) is 11.2 Å². The molecular weight excluding hydrogens is 424 g/mol. The first-order valence-electron chi connectivity index (χ1n) is 11.5. The molecule has 0 atom stereocenters. The number of piperidine rings is 1. The maximum Gasteiger partial charge on any atom is 0.257 e. The Bertz CT molecular complexity index is 1080. The van der Waals surface area contributed by atoms with Gasteiger partial charge < -0.3 is 14.4 Å². The lowest BCUT2D eigenvalue weighted by Gasteiger charge is -2.35. The molecular formula is C24H34N4O3S. The molecule has 1 amide bonds. The van der Waals surface area contributed by atoms with Gasteiger partial charge in [0.2, 0.25) is 10.0 Å². The van der Waals surface area contributed by atoms with Crippen molar-refractivity contribution < 1.29 is 13.2 Å². The standard InChI is InChI=1S/C24H34N4O3S/c1-18-10-12-27(13-11-18)24(29)22-19(2)25(4)20(3)23(22)32(30,31)28-16-14-26(15-17-28)21-8-6-5-7-9-21/h5-9,18H,10-17H2,1-4H3. The number of carbonyl (C=O) groups is 1. The number of carbonyl (C=O) groups excluding carboxylic acids is 1. The molecule has 1 aromatic carbocycles. The Kier molecular flexibility index (Phi) is 6.36. The summed E-state index contributed by atoms with van der Waals surface area (Å²) in [6.45, 7) is 9.27. The lowest BCUT2D eigenvalue weighted by atomic mass is 9.98. The van der Waals surface area contributed by atoms with Gasteiger partial charge in [0.25, 0.3) is 5.91 Å². The van der Waals surface area contributed by atoms with Gasteiger partial charge in [-0.15, -0.1) is 0 Å². The molecule has 2 aromatic rings. The minimum atomic E-state index is -3.79. The fourth-order valence-corrected chi connectivity index (χ4v) is 6.71. The minimum Gasteiger partial charge on any atom is -0.369 e. The summed E-state index contributed by atoms with van der Waals surface area (Å²) in [5.41, 5.74) is 2.80. The second-order valence-electron chi connectivity index (χ2n) is 9.14. The van der Waals surface area contributed by atoms with Crippen LogP contribution in [-0.2, 0) is 17.1 Å². The number of likely N-dealkylation sites (tertiary alicyclic amines) is 1. The number of aromatic nitrogens is 1. The Morgan fingerprint density at radius 1 is 0.906 bits per heavy atom. The zero-order valence-corrected chi connectivity index (χ0v) is 20.4. The van der Waals surface area contributed by atoms with Crippen molar-refractivity contribution >= 4 is 21.6 Å². The van der Waals surface area contributed by atoms with E-state index in [1.807, 2.05) is 53.8 Å². The molecule has 32 heavy (non-hydrogen) atoms. The van der Waals surface area contributed by atoms with E-state index in [2.05, 4.69) is 11.8 Å². The van der Waals surface area contributed by atoms with Crippen molar-refractivity contribution in [1.82, 2.24) is 13.8 Å². The summed E-state index contributed by atoms with van der Waals surface area (Å²) in [7, 11) is -1.95. The van der Waals surface area contributed by atoms with Crippen LogP contribution < -0.4 is 4.90 Å². The van der Waals surface area contributed by atoms with E-state index < -0.39 is 10.0 Å². The first kappa shape index (κ1) is 22.9. The Morgan fingerprint density at radius 2 is 1.50 bits per heavy atom. The molecule has 4 rings (SSSR count). The number of nitrogens with zero attached hydrogens (tertiary/aromatic N) is 4. The van der Waals surface area contributed by atoms with E-state index in [9.17, 15) is 13.2 Å². The average molecular weight is 459 g/mol. The highest BCUT2D eigenvalue weighted by Gasteiger charge is 2.38. The summed E-state index contributed by atoms with van der Waals surface area (Å²) in [5, 5.41) is 0. The van der Waals surface area contributed by atoms with E-state index in [-0.39, 0.29) is 10.8 Å². The van der Waals surface area contributed by atoms with E-state index >= 15 is 0 Å². The summed E-state index contributed by atoms with van der Waals surface area (Å²) in [5.74, 6) is 0.446. The van der Waals surface area contributed by atoms with Crippen LogP contribution in [0.4, 0.5) is 5.69 Å². The molecule has 0 aliphatic carbocycles. The van der Waals surface area contributed by atoms with Crippen LogP contribution in [0.3, 0.4) is 0 Å². The summed E-state index contributed by atoms with van der Waals surface area (Å²) >= 11 is 0. The van der Waals surface area contributed by atoms with Crippen LogP contribution in [0, 0.1) is 19.8 Å². The van der Waals surface area contributed by atoms with Crippen molar-refractivity contribution in [2.24, 2.45) is 13.0 Å². The van der Waals surface area contributed by atoms with Gasteiger partial charge in [-0.2, -0.15) is 4.31 Å². The van der Waals surface area contributed by atoms with Crippen LogP contribution in [0.25, 0.3) is 0 Å². The molecule has 1 aromatic heterocycles. The predicted octanol–water partition coefficient (Wildman–Crippen LogP) is 3.02. The monoisotopic (exact) mass is 458 g/mol. The Morgan fingerprint density at radius 3 is 2.09 bits per heavy atom. The normalized spacial score (nSPS) is 18.9. The van der Waals surface area contributed by atoms with Crippen LogP contribution in [0.15, 0.2) is 35.2 Å². The highest BCUT2D eigenvalue weighted by Crippen LogP contribution is 2.32. The average Bonchev–Trinajstić information content (AvgIpc) is 3.04. The number of benzene rings is 1. The van der Waals surface area contributed by atoms with Gasteiger partial charge in [-0.25, -0.2) is 8.42 Å². The lowest BCUT2D eigenvalue weighted by Crippen LogP contribution is -2.49. The molecule has 8 heteroatoms. The van der Waals surface area contributed by atoms with Crippen molar-refractivity contribution in [3.63, 3.8) is 0 Å². The van der Waals surface area contributed by atoms with Gasteiger partial charge in [-0.1, -0.05) is 25.1 Å². The number of anilines is 1. The number of rotatable bonds is 4. The third kappa shape index (κ3) is 4.06. The van der Waals surface area contributed by atoms with Crippen molar-refractivity contribution in [3.05, 3.63) is 47.3 Å². The molecule has 2 saturated heterocycles. The second-order valence-corrected chi connectivity index (χ2v) is 11.0. The van der Waals surface area contributed by atoms with Crippen LogP contribution in [0.1, 0.15) is 41.5 Å². The zero-order valence-electron chi connectivity index (χ0n) is 19.5. The molecule has 0 unspecified atom stereocenters. The third-order valence-electron chi connectivity index (χ3n) is 7.17. The quantitative estimate of drug-likeness (QED) is 0.707. The first-order valence-corrected chi connectivity index (χ1v) is 12.9. The zero-order chi connectivity index (χ0) is 23.0. The number of sulfonamides is 1. The fraction of sp³-hybridized carbons (Fsp3) is 0.542. The van der Waals surface area contributed by atoms with Crippen LogP contribution in [-0.4, -0.2) is 67.4 Å². The molecule has 2 fully saturated rings. The molecule has 0 radical (unpaired) electrons. The fourth-order valence-electron chi connectivity index (χ4n) is 4.81. The third-order valence-corrected chi connectivity index (χ3v) is 9.23. The maximum atomic E-state index is 13.8. The van der Waals surface area contributed by atoms with Crippen LogP contribution in [0.5, 0.6) is 0 Å². The summed E-state index contributed by atoms with van der Waals surface area (Å²) in [6.07, 6.45) is 1.92. The van der Waals surface area contributed by atoms with E-state index in [1.165, 1.54) is 0 Å². The molecule has 0 saturated carbocycles. The molecule has 3 heterocycles. The van der Waals surface area contributed by atoms with Gasteiger partial charge in [0.1, 0.15) is 4.90 Å². The summed E-state index contributed by atoms with van der Waals surface area (Å²) < 4.78 is 31.0. The SMILES string of the molecule is Cc1c(C(=O)N2CCC(C)CC2)c(S(=O)(=O)N2CCN(c3ccccc3)CC2)c(C)n1C. The summed E-state index contributed by atoms with van der Waals surface area (Å²) in [4.78, 5) is 17.7. The number of hydrogen-bond donors (Lipinski definition) is 0. The topological polar surface area (TPSA) is 65.9 Å². The van der Waals surface area contributed by atoms with Crippen molar-refractivity contribution in [2.75, 3.05) is 44.2 Å². The number of hydrogen-bond acceptors (Lipinski definition) is 4. The van der Waals surface area contributed by atoms with Crippen molar-refractivity contribution in [2.45, 2.75) is 38.5 Å². The molecule has 0 spiro atoms. The molecule has 2 aliphatic heterocycles. The van der Waals surface area contributed by atoms with Crippen molar-refractivity contribution in [3.8, 4) is 0 Å². The molecule has 0 bridgehead atoms. The predicted molar refractivity (Wildman–Crippen MR) is 127 cm³/mol. The number of amides is 1. The van der Waals surface area contributed by atoms with Gasteiger partial charge >= 0.3 is 0 Å². The Labute approximate surface area is 191 Å². The van der Waals surface area contributed by atoms with Gasteiger partial charge in [0, 0.05) is 63.4 Å². The van der Waals surface area contributed by atoms with Crippen LogP contribution in [0.2, 0.25) is 0 Å². The largest absolute Gasteiger partial charge is 0.369 e. The van der Waals surface area contributed by atoms with Gasteiger partial charge in [0.05, 0.1) is 5.56 Å². The van der Waals surface area contributed by atoms with Crippen LogP contribution >= 0.6 is 0 Å². The smallest absolute Gasteiger partial charge is 0.257 e. The number of para-hydroxylation sites is 1. The van der Waals surface area contributed by atoms with E-state index in [0.717, 1.165) is 18.5 Å². The molecule has 0 N–H and O–H groups in total. The molecule has 174 valence electrons. The summed E-state index contributed by atoms with van der Waals surface area (Å²) in [6, 6.07) is 10.1. The molecule has 7 nitrogen and oxygen atoms in total. The first-order chi connectivity index (χ1) is 15.2. The molecule has 2 aliphatic rings. The maximum absolute atomic E-state index is 13.8. The minimum absolute atomic E-state index is 0.153. The lowest BCUT2D eigenvalue weighted by molar-refractivity contribution is 0.0692. The van der Waals surface area contributed by atoms with Gasteiger partial charge in [-0.3, -0.25) is 4.79 Å². The highest BCUT2D eigenvalue weighted by molar-refractivity contribution is 7.89. The highest BCUT2D eigenvalue weighted by atomic mass is 32.2. The Hall–Kier alpha value is -2.32. The van der Waals surface area contributed by atoms with Gasteiger partial charge in [0.15, 0.2) is 0 Å². The van der Waals surface area contributed by atoms with Crippen molar-refractivity contribution in [1.29, 1.82) is 0 Å². The van der Waals surface area contributed by atoms with Gasteiger partial charge in [-0.05, 0) is 44.7 Å².